The second-order valence-electron chi connectivity index (χ2n) is 4.08. The molecule has 0 radical (unpaired) electrons. The number of hydrogen-bond acceptors (Lipinski definition) is 3. The van der Waals surface area contributed by atoms with Gasteiger partial charge in [-0.3, -0.25) is 4.79 Å². The summed E-state index contributed by atoms with van der Waals surface area (Å²) < 4.78 is 0. The molecule has 3 N–H and O–H groups in total. The van der Waals surface area contributed by atoms with Crippen LogP contribution >= 0.6 is 0 Å². The number of nitrogens with zero attached hydrogens (tertiary/aromatic N) is 1. The maximum Gasteiger partial charge on any atom is 0.329 e. The van der Waals surface area contributed by atoms with E-state index in [-0.39, 0.29) is 5.91 Å². The lowest BCUT2D eigenvalue weighted by molar-refractivity contribution is -0.160. The Morgan fingerprint density at radius 1 is 1.57 bits per heavy atom. The summed E-state index contributed by atoms with van der Waals surface area (Å²) in [4.78, 5) is 24.3. The molecule has 1 amide bonds. The lowest BCUT2D eigenvalue weighted by atomic mass is 9.84. The van der Waals surface area contributed by atoms with Crippen molar-refractivity contribution in [2.75, 3.05) is 6.54 Å². The monoisotopic (exact) mass is 198 g/mol. The van der Waals surface area contributed by atoms with Gasteiger partial charge in [-0.05, 0) is 25.7 Å². The first kappa shape index (κ1) is 9.45. The number of rotatable bonds is 1. The lowest BCUT2D eigenvalue weighted by Gasteiger charge is -2.40. The van der Waals surface area contributed by atoms with Gasteiger partial charge in [0, 0.05) is 6.54 Å². The van der Waals surface area contributed by atoms with Crippen LogP contribution in [0.2, 0.25) is 0 Å². The average Bonchev–Trinajstić information content (AvgIpc) is 2.57. The third-order valence-electron chi connectivity index (χ3n) is 3.34. The zero-order chi connectivity index (χ0) is 10.3. The van der Waals surface area contributed by atoms with Crippen molar-refractivity contribution < 1.29 is 14.7 Å². The van der Waals surface area contributed by atoms with E-state index in [1.165, 1.54) is 4.90 Å². The number of piperidine rings is 1. The third-order valence-corrected chi connectivity index (χ3v) is 3.34. The van der Waals surface area contributed by atoms with Gasteiger partial charge >= 0.3 is 5.97 Å². The first-order valence-electron chi connectivity index (χ1n) is 4.88. The normalized spacial score (nSPS) is 37.1. The highest BCUT2D eigenvalue weighted by molar-refractivity contribution is 5.91. The van der Waals surface area contributed by atoms with Crippen LogP contribution in [0.3, 0.4) is 0 Å². The van der Waals surface area contributed by atoms with E-state index in [0.717, 1.165) is 6.42 Å². The van der Waals surface area contributed by atoms with Gasteiger partial charge in [-0.1, -0.05) is 0 Å². The number of hydrogen-bond donors (Lipinski definition) is 2. The highest BCUT2D eigenvalue weighted by Crippen LogP contribution is 2.37. The van der Waals surface area contributed by atoms with Crippen LogP contribution < -0.4 is 5.73 Å². The molecule has 5 nitrogen and oxygen atoms in total. The van der Waals surface area contributed by atoms with Crippen LogP contribution in [0.5, 0.6) is 0 Å². The summed E-state index contributed by atoms with van der Waals surface area (Å²) in [5.41, 5.74) is 4.67. The minimum atomic E-state index is -0.938. The molecule has 2 aliphatic heterocycles. The van der Waals surface area contributed by atoms with Crippen molar-refractivity contribution in [1.82, 2.24) is 4.90 Å². The van der Waals surface area contributed by atoms with Crippen LogP contribution in [0.25, 0.3) is 0 Å². The van der Waals surface area contributed by atoms with Gasteiger partial charge in [-0.25, -0.2) is 4.79 Å². The highest BCUT2D eigenvalue weighted by Gasteiger charge is 2.53. The topological polar surface area (TPSA) is 83.6 Å². The van der Waals surface area contributed by atoms with Crippen LogP contribution in [0, 0.1) is 0 Å². The molecule has 0 spiro atoms. The SMILES string of the molecule is NC1CCC2(C(=O)O)CCCN2C1=O. The molecule has 2 saturated heterocycles. The number of nitrogens with two attached hydrogens (primary N) is 1. The van der Waals surface area contributed by atoms with E-state index >= 15 is 0 Å². The van der Waals surface area contributed by atoms with Crippen molar-refractivity contribution in [3.05, 3.63) is 0 Å². The standard InChI is InChI=1S/C9H14N2O3/c10-6-2-4-9(8(13)14)3-1-5-11(9)7(6)12/h6H,1-5,10H2,(H,13,14). The summed E-state index contributed by atoms with van der Waals surface area (Å²) in [5, 5.41) is 9.17. The van der Waals surface area contributed by atoms with Gasteiger partial charge in [0.05, 0.1) is 6.04 Å². The van der Waals surface area contributed by atoms with Gasteiger partial charge in [0.15, 0.2) is 0 Å². The molecule has 2 fully saturated rings. The Morgan fingerprint density at radius 3 is 2.93 bits per heavy atom. The highest BCUT2D eigenvalue weighted by atomic mass is 16.4. The number of carboxylic acids is 1. The summed E-state index contributed by atoms with van der Waals surface area (Å²) in [6.07, 6.45) is 2.32. The number of carbonyl (C=O) groups is 2. The number of carboxylic acid groups (broad SMARTS) is 1. The molecule has 2 unspecified atom stereocenters. The predicted octanol–water partition coefficient (Wildman–Crippen LogP) is -0.447. The second-order valence-corrected chi connectivity index (χ2v) is 4.08. The quantitative estimate of drug-likeness (QED) is 0.598. The van der Waals surface area contributed by atoms with E-state index in [4.69, 9.17) is 10.8 Å². The van der Waals surface area contributed by atoms with Gasteiger partial charge < -0.3 is 15.7 Å². The smallest absolute Gasteiger partial charge is 0.329 e. The summed E-state index contributed by atoms with van der Waals surface area (Å²) in [5.74, 6) is -1.08. The molecule has 78 valence electrons. The average molecular weight is 198 g/mol. The largest absolute Gasteiger partial charge is 0.479 e. The van der Waals surface area contributed by atoms with Gasteiger partial charge in [0.2, 0.25) is 5.91 Å². The molecule has 0 aromatic carbocycles. The lowest BCUT2D eigenvalue weighted by Crippen LogP contribution is -2.61. The van der Waals surface area contributed by atoms with E-state index < -0.39 is 17.6 Å². The van der Waals surface area contributed by atoms with E-state index in [2.05, 4.69) is 0 Å². The Morgan fingerprint density at radius 2 is 2.29 bits per heavy atom. The van der Waals surface area contributed by atoms with E-state index in [1.54, 1.807) is 0 Å². The van der Waals surface area contributed by atoms with Gasteiger partial charge in [-0.2, -0.15) is 0 Å². The molecule has 2 atom stereocenters. The van der Waals surface area contributed by atoms with Gasteiger partial charge in [-0.15, -0.1) is 0 Å². The zero-order valence-corrected chi connectivity index (χ0v) is 7.90. The summed E-state index contributed by atoms with van der Waals surface area (Å²) >= 11 is 0. The molecule has 2 aliphatic rings. The van der Waals surface area contributed by atoms with Crippen molar-refractivity contribution in [3.63, 3.8) is 0 Å². The molecular weight excluding hydrogens is 184 g/mol. The Balaban J connectivity index is 2.33. The van der Waals surface area contributed by atoms with Gasteiger partial charge in [0.25, 0.3) is 0 Å². The number of carbonyl (C=O) groups excluding carboxylic acids is 1. The number of aliphatic carboxylic acids is 1. The van der Waals surface area contributed by atoms with E-state index in [1.807, 2.05) is 0 Å². The van der Waals surface area contributed by atoms with E-state index in [0.29, 0.717) is 25.8 Å². The Bertz CT molecular complexity index is 292. The Kier molecular flexibility index (Phi) is 1.99. The minimum absolute atomic E-state index is 0.198. The molecule has 0 aliphatic carbocycles. The fourth-order valence-electron chi connectivity index (χ4n) is 2.51. The fraction of sp³-hybridized carbons (Fsp3) is 0.778. The van der Waals surface area contributed by atoms with Crippen molar-refractivity contribution in [1.29, 1.82) is 0 Å². The summed E-state index contributed by atoms with van der Waals surface area (Å²) in [7, 11) is 0. The predicted molar refractivity (Wildman–Crippen MR) is 48.5 cm³/mol. The van der Waals surface area contributed by atoms with Crippen molar-refractivity contribution >= 4 is 11.9 Å². The van der Waals surface area contributed by atoms with Crippen molar-refractivity contribution in [2.45, 2.75) is 37.3 Å². The number of fused-ring (bicyclic) bond motifs is 1. The molecule has 0 saturated carbocycles. The molecular formula is C9H14N2O3. The maximum absolute atomic E-state index is 11.7. The zero-order valence-electron chi connectivity index (χ0n) is 7.90. The first-order chi connectivity index (χ1) is 6.58. The van der Waals surface area contributed by atoms with Crippen molar-refractivity contribution in [3.8, 4) is 0 Å². The second kappa shape index (κ2) is 2.95. The molecule has 0 aromatic rings. The summed E-state index contributed by atoms with van der Waals surface area (Å²) in [6.45, 7) is 0.541. The van der Waals surface area contributed by atoms with Crippen LogP contribution in [-0.4, -0.2) is 40.0 Å². The fourth-order valence-corrected chi connectivity index (χ4v) is 2.51. The molecule has 0 bridgehead atoms. The maximum atomic E-state index is 11.7. The van der Waals surface area contributed by atoms with Crippen LogP contribution in [0.1, 0.15) is 25.7 Å². The van der Waals surface area contributed by atoms with Gasteiger partial charge in [0.1, 0.15) is 5.54 Å². The first-order valence-corrected chi connectivity index (χ1v) is 4.88. The molecule has 0 aromatic heterocycles. The Labute approximate surface area is 81.9 Å². The minimum Gasteiger partial charge on any atom is -0.479 e. The van der Waals surface area contributed by atoms with Crippen LogP contribution in [-0.2, 0) is 9.59 Å². The van der Waals surface area contributed by atoms with E-state index in [9.17, 15) is 9.59 Å². The molecule has 5 heteroatoms. The molecule has 2 heterocycles. The molecule has 14 heavy (non-hydrogen) atoms. The summed E-state index contributed by atoms with van der Waals surface area (Å²) in [6, 6.07) is -0.499. The molecule has 2 rings (SSSR count). The van der Waals surface area contributed by atoms with Crippen molar-refractivity contribution in [2.24, 2.45) is 5.73 Å². The van der Waals surface area contributed by atoms with Crippen LogP contribution in [0.4, 0.5) is 0 Å². The van der Waals surface area contributed by atoms with Crippen LogP contribution in [0.15, 0.2) is 0 Å². The number of amides is 1. The Hall–Kier alpha value is -1.10. The third kappa shape index (κ3) is 1.05.